The Morgan fingerprint density at radius 2 is 1.60 bits per heavy atom. The van der Waals surface area contributed by atoms with Crippen LogP contribution in [-0.2, 0) is 16.0 Å². The Hall–Kier alpha value is -1.84. The van der Waals surface area contributed by atoms with Crippen LogP contribution in [0.25, 0.3) is 0 Å². The normalized spacial score (nSPS) is 13.3. The molecule has 4 nitrogen and oxygen atoms in total. The van der Waals surface area contributed by atoms with Gasteiger partial charge in [-0.1, -0.05) is 69.4 Å². The number of carbonyl (C=O) groups excluding carboxylic acids is 2. The Morgan fingerprint density at radius 1 is 0.920 bits per heavy atom. The summed E-state index contributed by atoms with van der Waals surface area (Å²) in [4.78, 5) is 22.3. The number of unbranched alkanes of at least 4 members (excludes halogenated alkanes) is 4. The molecule has 0 radical (unpaired) electrons. The lowest BCUT2D eigenvalue weighted by molar-refractivity contribution is -0.315. The molecule has 0 aliphatic heterocycles. The summed E-state index contributed by atoms with van der Waals surface area (Å²) in [6.07, 6.45) is 7.76. The second kappa shape index (κ2) is 12.5. The fourth-order valence-corrected chi connectivity index (χ4v) is 3.38. The summed E-state index contributed by atoms with van der Waals surface area (Å²) < 4.78 is 0. The van der Waals surface area contributed by atoms with Crippen molar-refractivity contribution in [1.29, 1.82) is 0 Å². The van der Waals surface area contributed by atoms with Gasteiger partial charge < -0.3 is 19.8 Å². The summed E-state index contributed by atoms with van der Waals surface area (Å²) in [5.41, 5.74) is 1.12. The van der Waals surface area contributed by atoms with Crippen molar-refractivity contribution in [3.63, 3.8) is 0 Å². The number of aliphatic carboxylic acids is 2. The first-order valence-corrected chi connectivity index (χ1v) is 9.49. The maximum atomic E-state index is 11.7. The lowest BCUT2D eigenvalue weighted by Crippen LogP contribution is -2.37. The molecule has 0 N–H and O–H groups in total. The summed E-state index contributed by atoms with van der Waals surface area (Å²) in [5.74, 6) is -2.81. The van der Waals surface area contributed by atoms with E-state index in [0.717, 1.165) is 24.8 Å². The average molecular weight is 346 g/mol. The standard InChI is InChI=1S/C21H32O4/c1-2-3-4-5-9-13-18(16-17-11-7-6-8-12-17)19(21(24)25)14-10-15-20(22)23/h6-8,11-12,18-19H,2-5,9-10,13-16H2,1H3,(H,22,23)(H,24,25)/p-2. The minimum atomic E-state index is -1.13. The van der Waals surface area contributed by atoms with Crippen molar-refractivity contribution in [3.8, 4) is 0 Å². The lowest BCUT2D eigenvalue weighted by Gasteiger charge is -2.28. The van der Waals surface area contributed by atoms with Crippen molar-refractivity contribution in [2.75, 3.05) is 0 Å². The van der Waals surface area contributed by atoms with Gasteiger partial charge in [0.2, 0.25) is 0 Å². The van der Waals surface area contributed by atoms with Gasteiger partial charge in [0.05, 0.1) is 0 Å². The molecule has 0 saturated heterocycles. The Morgan fingerprint density at radius 3 is 2.20 bits per heavy atom. The fraction of sp³-hybridized carbons (Fsp3) is 0.619. The third-order valence-electron chi connectivity index (χ3n) is 4.79. The highest BCUT2D eigenvalue weighted by atomic mass is 16.4. The smallest absolute Gasteiger partial charge is 0.0448 e. The molecule has 1 aromatic rings. The van der Waals surface area contributed by atoms with E-state index in [1.54, 1.807) is 0 Å². The van der Waals surface area contributed by atoms with E-state index in [1.165, 1.54) is 19.3 Å². The van der Waals surface area contributed by atoms with Crippen LogP contribution in [0.1, 0.15) is 70.3 Å². The van der Waals surface area contributed by atoms with Crippen molar-refractivity contribution in [3.05, 3.63) is 35.9 Å². The van der Waals surface area contributed by atoms with Crippen LogP contribution in [0.2, 0.25) is 0 Å². The van der Waals surface area contributed by atoms with Crippen molar-refractivity contribution >= 4 is 11.9 Å². The van der Waals surface area contributed by atoms with Crippen LogP contribution in [-0.4, -0.2) is 11.9 Å². The first-order valence-electron chi connectivity index (χ1n) is 9.49. The zero-order chi connectivity index (χ0) is 18.5. The van der Waals surface area contributed by atoms with Crippen LogP contribution in [0.3, 0.4) is 0 Å². The summed E-state index contributed by atoms with van der Waals surface area (Å²) in [7, 11) is 0. The Balaban J connectivity index is 2.69. The third-order valence-corrected chi connectivity index (χ3v) is 4.79. The number of hydrogen-bond acceptors (Lipinski definition) is 4. The minimum Gasteiger partial charge on any atom is -0.550 e. The van der Waals surface area contributed by atoms with Crippen LogP contribution in [0.4, 0.5) is 0 Å². The second-order valence-electron chi connectivity index (χ2n) is 6.84. The van der Waals surface area contributed by atoms with Crippen molar-refractivity contribution in [2.45, 2.75) is 71.1 Å². The first-order chi connectivity index (χ1) is 12.0. The highest BCUT2D eigenvalue weighted by Gasteiger charge is 2.22. The van der Waals surface area contributed by atoms with Crippen LogP contribution >= 0.6 is 0 Å². The number of carboxylic acids is 2. The van der Waals surface area contributed by atoms with Gasteiger partial charge >= 0.3 is 0 Å². The zero-order valence-corrected chi connectivity index (χ0v) is 15.2. The molecule has 0 aromatic heterocycles. The van der Waals surface area contributed by atoms with E-state index in [-0.39, 0.29) is 12.3 Å². The Labute approximate surface area is 151 Å². The molecule has 4 heteroatoms. The molecule has 0 spiro atoms. The number of benzene rings is 1. The van der Waals surface area contributed by atoms with Crippen LogP contribution in [0, 0.1) is 11.8 Å². The maximum Gasteiger partial charge on any atom is 0.0448 e. The van der Waals surface area contributed by atoms with Gasteiger partial charge in [0.15, 0.2) is 0 Å². The van der Waals surface area contributed by atoms with Gasteiger partial charge in [-0.05, 0) is 43.6 Å². The van der Waals surface area contributed by atoms with Gasteiger partial charge in [-0.2, -0.15) is 0 Å². The largest absolute Gasteiger partial charge is 0.550 e. The molecule has 1 aromatic carbocycles. The zero-order valence-electron chi connectivity index (χ0n) is 15.2. The predicted octanol–water partition coefficient (Wildman–Crippen LogP) is 2.49. The van der Waals surface area contributed by atoms with Crippen molar-refractivity contribution in [2.24, 2.45) is 11.8 Å². The van der Waals surface area contributed by atoms with E-state index in [9.17, 15) is 19.8 Å². The number of hydrogen-bond donors (Lipinski definition) is 0. The van der Waals surface area contributed by atoms with Gasteiger partial charge in [0, 0.05) is 17.9 Å². The SMILES string of the molecule is CCCCCCCC(Cc1ccccc1)C(CCCC(=O)[O-])C(=O)[O-]. The fourth-order valence-electron chi connectivity index (χ4n) is 3.38. The molecule has 0 fully saturated rings. The maximum absolute atomic E-state index is 11.7. The van der Waals surface area contributed by atoms with E-state index >= 15 is 0 Å². The molecular weight excluding hydrogens is 316 g/mol. The predicted molar refractivity (Wildman–Crippen MR) is 94.4 cm³/mol. The molecule has 1 rings (SSSR count). The summed E-state index contributed by atoms with van der Waals surface area (Å²) in [6, 6.07) is 9.88. The van der Waals surface area contributed by atoms with Crippen molar-refractivity contribution in [1.82, 2.24) is 0 Å². The van der Waals surface area contributed by atoms with E-state index in [0.29, 0.717) is 19.3 Å². The summed E-state index contributed by atoms with van der Waals surface area (Å²) in [5, 5.41) is 22.3. The van der Waals surface area contributed by atoms with Gasteiger partial charge in [-0.15, -0.1) is 0 Å². The molecule has 0 amide bonds. The van der Waals surface area contributed by atoms with Crippen LogP contribution in [0.5, 0.6) is 0 Å². The van der Waals surface area contributed by atoms with E-state index < -0.39 is 17.9 Å². The first kappa shape index (κ1) is 21.2. The second-order valence-corrected chi connectivity index (χ2v) is 6.84. The van der Waals surface area contributed by atoms with Gasteiger partial charge in [0.1, 0.15) is 0 Å². The van der Waals surface area contributed by atoms with Gasteiger partial charge in [-0.3, -0.25) is 0 Å². The monoisotopic (exact) mass is 346 g/mol. The quantitative estimate of drug-likeness (QED) is 0.485. The minimum absolute atomic E-state index is 0.0178. The highest BCUT2D eigenvalue weighted by molar-refractivity contribution is 5.68. The molecule has 2 unspecified atom stereocenters. The molecule has 0 aliphatic rings. The molecule has 0 heterocycles. The third kappa shape index (κ3) is 9.28. The average Bonchev–Trinajstić information content (AvgIpc) is 2.58. The highest BCUT2D eigenvalue weighted by Crippen LogP contribution is 2.28. The van der Waals surface area contributed by atoms with E-state index in [4.69, 9.17) is 0 Å². The van der Waals surface area contributed by atoms with E-state index in [2.05, 4.69) is 6.92 Å². The molecule has 25 heavy (non-hydrogen) atoms. The molecule has 0 aliphatic carbocycles. The summed E-state index contributed by atoms with van der Waals surface area (Å²) in [6.45, 7) is 2.17. The molecule has 0 saturated carbocycles. The molecule has 2 atom stereocenters. The number of rotatable bonds is 14. The molecule has 0 bridgehead atoms. The topological polar surface area (TPSA) is 80.3 Å². The molecular formula is C21H30O4-2. The molecule has 140 valence electrons. The van der Waals surface area contributed by atoms with Gasteiger partial charge in [-0.25, -0.2) is 0 Å². The Kier molecular flexibility index (Phi) is 10.6. The summed E-state index contributed by atoms with van der Waals surface area (Å²) >= 11 is 0. The number of carbonyl (C=O) groups is 2. The lowest BCUT2D eigenvalue weighted by atomic mass is 9.80. The Bertz CT molecular complexity index is 498. The van der Waals surface area contributed by atoms with Crippen molar-refractivity contribution < 1.29 is 19.8 Å². The van der Waals surface area contributed by atoms with Crippen LogP contribution < -0.4 is 10.2 Å². The van der Waals surface area contributed by atoms with Crippen LogP contribution in [0.15, 0.2) is 30.3 Å². The number of carboxylic acid groups (broad SMARTS) is 2. The van der Waals surface area contributed by atoms with E-state index in [1.807, 2.05) is 30.3 Å². The van der Waals surface area contributed by atoms with Gasteiger partial charge in [0.25, 0.3) is 0 Å².